The lowest BCUT2D eigenvalue weighted by Crippen LogP contribution is -2.47. The number of nitrogens with one attached hydrogen (secondary N) is 2. The number of rotatable bonds is 5. The van der Waals surface area contributed by atoms with Crippen LogP contribution in [0, 0.1) is 5.92 Å². The van der Waals surface area contributed by atoms with Gasteiger partial charge in [0.05, 0.1) is 18.7 Å². The molecule has 4 rings (SSSR count). The lowest BCUT2D eigenvalue weighted by molar-refractivity contribution is -0.126. The van der Waals surface area contributed by atoms with E-state index in [4.69, 9.17) is 10.5 Å². The number of amides is 1. The molecule has 0 saturated carbocycles. The normalized spacial score (nSPS) is 22.6. The fraction of sp³-hybridized carbons (Fsp3) is 0.632. The summed E-state index contributed by atoms with van der Waals surface area (Å²) in [5.41, 5.74) is 6.87. The molecule has 0 aliphatic carbocycles. The number of hydrogen-bond donors (Lipinski definition) is 3. The third kappa shape index (κ3) is 6.81. The zero-order valence-electron chi connectivity index (χ0n) is 17.3. The molecule has 2 aliphatic heterocycles. The van der Waals surface area contributed by atoms with Gasteiger partial charge in [-0.15, -0.1) is 24.8 Å². The van der Waals surface area contributed by atoms with Crippen LogP contribution in [0.4, 0.5) is 0 Å². The zero-order valence-corrected chi connectivity index (χ0v) is 18.9. The van der Waals surface area contributed by atoms with E-state index in [0.717, 1.165) is 52.0 Å². The molecule has 31 heavy (non-hydrogen) atoms. The van der Waals surface area contributed by atoms with Gasteiger partial charge in [-0.3, -0.25) is 19.8 Å². The highest BCUT2D eigenvalue weighted by molar-refractivity contribution is 5.85. The fourth-order valence-corrected chi connectivity index (χ4v) is 4.04. The first-order valence-corrected chi connectivity index (χ1v) is 10.2. The molecule has 0 spiro atoms. The van der Waals surface area contributed by atoms with E-state index in [1.165, 1.54) is 0 Å². The Bertz CT molecular complexity index is 803. The molecule has 2 saturated heterocycles. The van der Waals surface area contributed by atoms with Gasteiger partial charge in [-0.25, -0.2) is 9.97 Å². The Balaban J connectivity index is 0.00000171. The van der Waals surface area contributed by atoms with Gasteiger partial charge in [-0.2, -0.15) is 5.10 Å². The van der Waals surface area contributed by atoms with E-state index in [9.17, 15) is 4.79 Å². The van der Waals surface area contributed by atoms with E-state index in [1.54, 1.807) is 18.6 Å². The number of ether oxygens (including phenoxy) is 1. The largest absolute Gasteiger partial charge is 0.381 e. The SMILES string of the molecule is Cl.Cl.N[C@H]1CC[C@@H](C(=O)NCc2nc(-c3cnccn3)n[nH]2)CN(C2CCOCC2)C1. The zero-order chi connectivity index (χ0) is 20.1. The third-order valence-corrected chi connectivity index (χ3v) is 5.64. The molecule has 12 heteroatoms. The van der Waals surface area contributed by atoms with Gasteiger partial charge in [-0.1, -0.05) is 0 Å². The first-order chi connectivity index (χ1) is 14.2. The average Bonchev–Trinajstić information content (AvgIpc) is 3.15. The Morgan fingerprint density at radius 1 is 1.19 bits per heavy atom. The Kier molecular flexibility index (Phi) is 10.0. The molecule has 0 unspecified atom stereocenters. The molecule has 4 heterocycles. The summed E-state index contributed by atoms with van der Waals surface area (Å²) in [6.07, 6.45) is 8.46. The minimum Gasteiger partial charge on any atom is -0.381 e. The molecule has 0 bridgehead atoms. The molecule has 2 atom stereocenters. The highest BCUT2D eigenvalue weighted by Gasteiger charge is 2.31. The number of carbonyl (C=O) groups excluding carboxylic acids is 1. The smallest absolute Gasteiger partial charge is 0.224 e. The monoisotopic (exact) mass is 472 g/mol. The van der Waals surface area contributed by atoms with Crippen molar-refractivity contribution in [2.24, 2.45) is 11.7 Å². The van der Waals surface area contributed by atoms with Crippen LogP contribution < -0.4 is 11.1 Å². The second-order valence-corrected chi connectivity index (χ2v) is 7.75. The van der Waals surface area contributed by atoms with Crippen LogP contribution in [0.25, 0.3) is 11.5 Å². The average molecular weight is 473 g/mol. The van der Waals surface area contributed by atoms with Crippen LogP contribution in [0.15, 0.2) is 18.6 Å². The number of aromatic amines is 1. The van der Waals surface area contributed by atoms with Crippen molar-refractivity contribution in [3.05, 3.63) is 24.4 Å². The van der Waals surface area contributed by atoms with Crippen molar-refractivity contribution in [2.45, 2.75) is 44.3 Å². The van der Waals surface area contributed by atoms with Crippen LogP contribution in [0.5, 0.6) is 0 Å². The van der Waals surface area contributed by atoms with E-state index in [0.29, 0.717) is 29.9 Å². The van der Waals surface area contributed by atoms with Crippen LogP contribution in [0.3, 0.4) is 0 Å². The predicted molar refractivity (Wildman–Crippen MR) is 120 cm³/mol. The van der Waals surface area contributed by atoms with Gasteiger partial charge >= 0.3 is 0 Å². The van der Waals surface area contributed by atoms with Crippen molar-refractivity contribution < 1.29 is 9.53 Å². The maximum atomic E-state index is 12.8. The number of nitrogens with two attached hydrogens (primary N) is 1. The van der Waals surface area contributed by atoms with Crippen molar-refractivity contribution in [3.8, 4) is 11.5 Å². The first-order valence-electron chi connectivity index (χ1n) is 10.2. The Morgan fingerprint density at radius 2 is 2.00 bits per heavy atom. The van der Waals surface area contributed by atoms with Gasteiger partial charge in [0.15, 0.2) is 0 Å². The second kappa shape index (κ2) is 12.3. The van der Waals surface area contributed by atoms with Gasteiger partial charge in [0.25, 0.3) is 0 Å². The molecule has 2 fully saturated rings. The molecule has 1 amide bonds. The minimum absolute atomic E-state index is 0. The highest BCUT2D eigenvalue weighted by atomic mass is 35.5. The highest BCUT2D eigenvalue weighted by Crippen LogP contribution is 2.22. The summed E-state index contributed by atoms with van der Waals surface area (Å²) in [4.78, 5) is 27.8. The van der Waals surface area contributed by atoms with E-state index in [-0.39, 0.29) is 42.7 Å². The standard InChI is InChI=1S/C19H28N8O2.2ClH/c20-14-2-1-13(11-27(12-14)15-3-7-29-8-4-15)19(28)23-10-17-24-18(26-25-17)16-9-21-5-6-22-16;;/h5-6,9,13-15H,1-4,7-8,10-12,20H2,(H,23,28)(H,24,25,26);2*1H/t13-,14+;;/m1../s1. The van der Waals surface area contributed by atoms with Crippen molar-refractivity contribution in [3.63, 3.8) is 0 Å². The van der Waals surface area contributed by atoms with E-state index in [1.807, 2.05) is 0 Å². The van der Waals surface area contributed by atoms with Crippen molar-refractivity contribution in [1.82, 2.24) is 35.4 Å². The number of H-pyrrole nitrogens is 1. The van der Waals surface area contributed by atoms with Crippen LogP contribution >= 0.6 is 24.8 Å². The van der Waals surface area contributed by atoms with Crippen LogP contribution in [0.2, 0.25) is 0 Å². The van der Waals surface area contributed by atoms with Crippen molar-refractivity contribution in [1.29, 1.82) is 0 Å². The van der Waals surface area contributed by atoms with Crippen LogP contribution in [-0.4, -0.2) is 74.3 Å². The Labute approximate surface area is 194 Å². The molecule has 172 valence electrons. The van der Waals surface area contributed by atoms with E-state index >= 15 is 0 Å². The number of hydrogen-bond acceptors (Lipinski definition) is 8. The lowest BCUT2D eigenvalue weighted by Gasteiger charge is -2.35. The molecule has 2 aliphatic rings. The molecule has 0 radical (unpaired) electrons. The quantitative estimate of drug-likeness (QED) is 0.584. The summed E-state index contributed by atoms with van der Waals surface area (Å²) in [6.45, 7) is 3.45. The molecule has 10 nitrogen and oxygen atoms in total. The number of halogens is 2. The molecule has 2 aromatic rings. The molecule has 0 aromatic carbocycles. The molecular weight excluding hydrogens is 443 g/mol. The molecule has 4 N–H and O–H groups in total. The van der Waals surface area contributed by atoms with Crippen molar-refractivity contribution in [2.75, 3.05) is 26.3 Å². The molecule has 2 aromatic heterocycles. The Morgan fingerprint density at radius 3 is 2.74 bits per heavy atom. The van der Waals surface area contributed by atoms with Gasteiger partial charge < -0.3 is 15.8 Å². The van der Waals surface area contributed by atoms with Gasteiger partial charge in [-0.05, 0) is 25.7 Å². The minimum atomic E-state index is -0.0752. The van der Waals surface area contributed by atoms with Gasteiger partial charge in [0.2, 0.25) is 11.7 Å². The third-order valence-electron chi connectivity index (χ3n) is 5.64. The Hall–Kier alpha value is -1.85. The summed E-state index contributed by atoms with van der Waals surface area (Å²) in [5.74, 6) is 1.02. The van der Waals surface area contributed by atoms with Gasteiger partial charge in [0.1, 0.15) is 11.5 Å². The molecular formula is C19H30Cl2N8O2. The topological polar surface area (TPSA) is 135 Å². The number of nitrogens with zero attached hydrogens (tertiary/aromatic N) is 5. The predicted octanol–water partition coefficient (Wildman–Crippen LogP) is 0.940. The fourth-order valence-electron chi connectivity index (χ4n) is 4.04. The van der Waals surface area contributed by atoms with Gasteiger partial charge in [0, 0.05) is 50.8 Å². The maximum Gasteiger partial charge on any atom is 0.224 e. The summed E-state index contributed by atoms with van der Waals surface area (Å²) in [7, 11) is 0. The van der Waals surface area contributed by atoms with E-state index in [2.05, 4.69) is 35.4 Å². The number of aromatic nitrogens is 5. The second-order valence-electron chi connectivity index (χ2n) is 7.75. The lowest BCUT2D eigenvalue weighted by atomic mass is 10.0. The van der Waals surface area contributed by atoms with Crippen LogP contribution in [0.1, 0.15) is 31.5 Å². The summed E-state index contributed by atoms with van der Waals surface area (Å²) in [6, 6.07) is 0.562. The van der Waals surface area contributed by atoms with Crippen molar-refractivity contribution >= 4 is 30.7 Å². The summed E-state index contributed by atoms with van der Waals surface area (Å²) >= 11 is 0. The van der Waals surface area contributed by atoms with E-state index < -0.39 is 0 Å². The maximum absolute atomic E-state index is 12.8. The number of carbonyl (C=O) groups is 1. The first kappa shape index (κ1) is 25.4. The summed E-state index contributed by atoms with van der Waals surface area (Å²) in [5, 5.41) is 10.0. The summed E-state index contributed by atoms with van der Waals surface area (Å²) < 4.78 is 5.48. The number of likely N-dealkylation sites (tertiary alicyclic amines) is 1. The van der Waals surface area contributed by atoms with Crippen LogP contribution in [-0.2, 0) is 16.1 Å².